The largest absolute Gasteiger partial charge is 2.00 e. The number of benzene rings is 6. The fourth-order valence-corrected chi connectivity index (χ4v) is 9.59. The fraction of sp³-hybridized carbons (Fsp3) is 0.389. The van der Waals surface area contributed by atoms with E-state index in [0.717, 1.165) is 16.2 Å². The van der Waals surface area contributed by atoms with Crippen LogP contribution >= 0.6 is 23.2 Å². The third-order valence-corrected chi connectivity index (χ3v) is 13.4. The Hall–Kier alpha value is -4.46. The zero-order chi connectivity index (χ0) is 56.0. The standard InChI is InChI=1S/3C18H24NO5P.Ca.2H2O/c3*1-13(17(20)23-12-18(2,3)4)19-25(21,22)24-16-11-7-9-14-8-5-6-10-15(14)16;;;/h3*5-11,13H,12H2,1-4H3,(H2,19,21,22);;2*1H2/q;;;+2;;/p-2/t3*13-;;;/m000.../s1. The molecule has 0 bridgehead atoms. The zero-order valence-corrected chi connectivity index (χ0v) is 51.1. The van der Waals surface area contributed by atoms with Crippen LogP contribution in [0, 0.1) is 16.2 Å². The van der Waals surface area contributed by atoms with Crippen LogP contribution in [0.2, 0.25) is 0 Å². The van der Waals surface area contributed by atoms with Gasteiger partial charge < -0.3 is 53.4 Å². The number of nitrogens with one attached hydrogen (secondary N) is 3. The molecule has 0 saturated heterocycles. The molecular weight excluding hydrogens is 1100 g/mol. The van der Waals surface area contributed by atoms with Crippen LogP contribution in [0.25, 0.3) is 32.3 Å². The Balaban J connectivity index is 0.000000574. The van der Waals surface area contributed by atoms with Gasteiger partial charge in [0.05, 0.1) is 19.8 Å². The van der Waals surface area contributed by atoms with Gasteiger partial charge in [-0.3, -0.25) is 23.5 Å². The average molecular weight is 1170 g/mol. The summed E-state index contributed by atoms with van der Waals surface area (Å²) in [5.74, 6) is -1.21. The van der Waals surface area contributed by atoms with E-state index in [2.05, 4.69) is 15.3 Å². The van der Waals surface area contributed by atoms with Gasteiger partial charge in [0, 0.05) is 16.2 Å². The van der Waals surface area contributed by atoms with Gasteiger partial charge in [-0.05, 0) is 71.4 Å². The number of carbonyl (C=O) groups excluding carboxylic acids is 3. The second-order valence-electron chi connectivity index (χ2n) is 21.3. The summed E-state index contributed by atoms with van der Waals surface area (Å²) in [5.41, 5.74) is -0.580. The molecule has 78 heavy (non-hydrogen) atoms. The number of carbonyl (C=O) groups is 3. The molecule has 24 heteroatoms. The normalized spacial score (nSPS) is 14.8. The second kappa shape index (κ2) is 30.9. The molecule has 0 amide bonds. The Labute approximate surface area is 486 Å². The van der Waals surface area contributed by atoms with Crippen molar-refractivity contribution >= 4 is 111 Å². The van der Waals surface area contributed by atoms with Crippen molar-refractivity contribution < 1.29 is 81.5 Å². The first-order chi connectivity index (χ1) is 34.7. The van der Waals surface area contributed by atoms with Gasteiger partial charge in [-0.15, -0.1) is 0 Å². The van der Waals surface area contributed by atoms with Gasteiger partial charge in [0.1, 0.15) is 35.4 Å². The Bertz CT molecular complexity index is 2720. The smallest absolute Gasteiger partial charge is 0.756 e. The number of fused-ring (bicyclic) bond motifs is 3. The van der Waals surface area contributed by atoms with Gasteiger partial charge in [-0.25, -0.2) is 14.7 Å². The van der Waals surface area contributed by atoms with Gasteiger partial charge in [0.2, 0.25) is 0 Å². The monoisotopic (exact) mass is 1170 g/mol. The van der Waals surface area contributed by atoms with Crippen LogP contribution in [0.15, 0.2) is 127 Å². The minimum absolute atomic E-state index is 0. The van der Waals surface area contributed by atoms with Crippen molar-refractivity contribution in [2.24, 2.45) is 16.2 Å². The predicted molar refractivity (Wildman–Crippen MR) is 301 cm³/mol. The maximum atomic E-state index is 12.4. The summed E-state index contributed by atoms with van der Waals surface area (Å²) in [6, 6.07) is 34.4. The molecule has 6 atom stereocenters. The molecule has 424 valence electrons. The molecule has 6 rings (SSSR count). The Kier molecular flexibility index (Phi) is 28.4. The first kappa shape index (κ1) is 71.6. The van der Waals surface area contributed by atoms with E-state index < -0.39 is 59.3 Å². The van der Waals surface area contributed by atoms with Crippen LogP contribution in [0.1, 0.15) is 83.1 Å². The van der Waals surface area contributed by atoms with Gasteiger partial charge >= 0.3 is 63.4 Å². The summed E-state index contributed by atoms with van der Waals surface area (Å²) < 4.78 is 67.8. The SMILES string of the molecule is C[C@H](NP(=O)(O)Oc1cccc2ccccc12)C(=O)OCC(C)(C)C.C[C@H](NP(=O)([O-])Oc1cccc2ccccc12)C(=O)OCC(C)(C)C.C[C@H](NP(=O)([O-])Oc1cccc2ccccc12)C(=O)OCC(C)(C)C.O.O.[Ca+2]. The van der Waals surface area contributed by atoms with Crippen LogP contribution in [0.4, 0.5) is 0 Å². The van der Waals surface area contributed by atoms with Crippen molar-refractivity contribution in [3.8, 4) is 17.2 Å². The Morgan fingerprint density at radius 2 is 0.692 bits per heavy atom. The van der Waals surface area contributed by atoms with Crippen molar-refractivity contribution in [1.82, 2.24) is 15.3 Å². The zero-order valence-electron chi connectivity index (χ0n) is 46.2. The number of hydrogen-bond donors (Lipinski definition) is 4. The van der Waals surface area contributed by atoms with E-state index in [1.807, 2.05) is 123 Å². The van der Waals surface area contributed by atoms with Crippen LogP contribution < -0.4 is 38.6 Å². The summed E-state index contributed by atoms with van der Waals surface area (Å²) in [4.78, 5) is 70.4. The average Bonchev–Trinajstić information content (AvgIpc) is 3.31. The van der Waals surface area contributed by atoms with E-state index in [4.69, 9.17) is 27.8 Å². The molecule has 0 aliphatic heterocycles. The summed E-state index contributed by atoms with van der Waals surface area (Å²) in [5, 5.41) is 11.4. The molecular formula is C54H74CaN3O17P3. The van der Waals surface area contributed by atoms with Gasteiger partial charge in [-0.1, -0.05) is 172 Å². The summed E-state index contributed by atoms with van der Waals surface area (Å²) >= 11 is 0. The number of esters is 3. The predicted octanol–water partition coefficient (Wildman–Crippen LogP) is 8.37. The quantitative estimate of drug-likeness (QED) is 0.0272. The van der Waals surface area contributed by atoms with Crippen LogP contribution in [-0.4, -0.2) is 109 Å². The maximum Gasteiger partial charge on any atom is 2.00 e. The van der Waals surface area contributed by atoms with E-state index in [9.17, 15) is 42.8 Å². The maximum absolute atomic E-state index is 12.4. The summed E-state index contributed by atoms with van der Waals surface area (Å²) in [6.07, 6.45) is 0. The van der Waals surface area contributed by atoms with Gasteiger partial charge in [0.15, 0.2) is 0 Å². The molecule has 0 fully saturated rings. The van der Waals surface area contributed by atoms with Gasteiger partial charge in [-0.2, -0.15) is 5.09 Å². The van der Waals surface area contributed by atoms with E-state index >= 15 is 0 Å². The number of ether oxygens (including phenoxy) is 3. The fourth-order valence-electron chi connectivity index (χ4n) is 6.41. The van der Waals surface area contributed by atoms with Crippen molar-refractivity contribution in [2.75, 3.05) is 19.8 Å². The van der Waals surface area contributed by atoms with Gasteiger partial charge in [0.25, 0.3) is 15.5 Å². The molecule has 0 spiro atoms. The molecule has 0 heterocycles. The van der Waals surface area contributed by atoms with E-state index in [1.54, 1.807) is 66.7 Å². The molecule has 0 radical (unpaired) electrons. The van der Waals surface area contributed by atoms with E-state index in [-0.39, 0.29) is 102 Å². The minimum atomic E-state index is -4.49. The van der Waals surface area contributed by atoms with Crippen molar-refractivity contribution in [3.63, 3.8) is 0 Å². The Morgan fingerprint density at radius 1 is 0.449 bits per heavy atom. The molecule has 0 aromatic heterocycles. The van der Waals surface area contributed by atoms with Crippen LogP contribution in [0.5, 0.6) is 17.2 Å². The third kappa shape index (κ3) is 25.3. The van der Waals surface area contributed by atoms with Crippen LogP contribution in [0.3, 0.4) is 0 Å². The minimum Gasteiger partial charge on any atom is -0.756 e. The molecule has 8 N–H and O–H groups in total. The second-order valence-corrected chi connectivity index (χ2v) is 25.6. The van der Waals surface area contributed by atoms with E-state index in [1.165, 1.54) is 20.8 Å². The topological polar surface area (TPSA) is 323 Å². The van der Waals surface area contributed by atoms with Crippen LogP contribution in [-0.2, 0) is 42.3 Å². The molecule has 0 saturated carbocycles. The van der Waals surface area contributed by atoms with Crippen molar-refractivity contribution in [3.05, 3.63) is 127 Å². The summed E-state index contributed by atoms with van der Waals surface area (Å²) in [7, 11) is -13.2. The Morgan fingerprint density at radius 3 is 0.974 bits per heavy atom. The molecule has 0 aliphatic carbocycles. The van der Waals surface area contributed by atoms with E-state index in [0.29, 0.717) is 16.2 Å². The molecule has 20 nitrogen and oxygen atoms in total. The van der Waals surface area contributed by atoms with Crippen molar-refractivity contribution in [1.29, 1.82) is 0 Å². The number of rotatable bonds is 18. The molecule has 6 aromatic carbocycles. The summed E-state index contributed by atoms with van der Waals surface area (Å²) in [6.45, 7) is 22.2. The first-order valence-corrected chi connectivity index (χ1v) is 28.7. The third-order valence-electron chi connectivity index (χ3n) is 9.97. The van der Waals surface area contributed by atoms with Crippen molar-refractivity contribution in [2.45, 2.75) is 101 Å². The number of hydrogen-bond acceptors (Lipinski definition) is 14. The molecule has 0 aliphatic rings. The molecule has 6 aromatic rings. The molecule has 3 unspecified atom stereocenters. The first-order valence-electron chi connectivity index (χ1n) is 24.0.